The molecule has 5 heteroatoms. The van der Waals surface area contributed by atoms with E-state index in [9.17, 15) is 8.78 Å². The number of rotatable bonds is 3. The van der Waals surface area contributed by atoms with Crippen LogP contribution in [0.5, 0.6) is 5.75 Å². The number of ether oxygens (including phenoxy) is 1. The average Bonchev–Trinajstić information content (AvgIpc) is 2.33. The van der Waals surface area contributed by atoms with Crippen LogP contribution in [0.15, 0.2) is 40.9 Å². The van der Waals surface area contributed by atoms with E-state index >= 15 is 0 Å². The Kier molecular flexibility index (Phi) is 4.19. The van der Waals surface area contributed by atoms with Gasteiger partial charge in [0.15, 0.2) is 0 Å². The summed E-state index contributed by atoms with van der Waals surface area (Å²) in [6.45, 7) is -0.214. The molecule has 0 saturated heterocycles. The van der Waals surface area contributed by atoms with Crippen molar-refractivity contribution < 1.29 is 13.5 Å². The molecule has 2 aromatic rings. The standard InChI is InChI=1S/C13H8BrClF2O/c14-8-4-5-10(15)13(6-8)18-7-9-11(16)2-1-3-12(9)17/h1-6H,7H2. The van der Waals surface area contributed by atoms with Crippen LogP contribution in [0, 0.1) is 11.6 Å². The molecule has 0 aliphatic carbocycles. The molecule has 1 nitrogen and oxygen atoms in total. The summed E-state index contributed by atoms with van der Waals surface area (Å²) < 4.78 is 32.8. The second kappa shape index (κ2) is 5.67. The maximum Gasteiger partial charge on any atom is 0.139 e. The van der Waals surface area contributed by atoms with E-state index in [-0.39, 0.29) is 12.2 Å². The molecule has 0 unspecified atom stereocenters. The van der Waals surface area contributed by atoms with E-state index in [2.05, 4.69) is 15.9 Å². The zero-order valence-corrected chi connectivity index (χ0v) is 11.4. The second-order valence-electron chi connectivity index (χ2n) is 3.56. The molecule has 0 atom stereocenters. The smallest absolute Gasteiger partial charge is 0.139 e. The van der Waals surface area contributed by atoms with Gasteiger partial charge in [-0.1, -0.05) is 33.6 Å². The molecule has 0 amide bonds. The molecular formula is C13H8BrClF2O. The number of hydrogen-bond acceptors (Lipinski definition) is 1. The van der Waals surface area contributed by atoms with E-state index in [4.69, 9.17) is 16.3 Å². The first-order valence-corrected chi connectivity index (χ1v) is 6.26. The van der Waals surface area contributed by atoms with Crippen molar-refractivity contribution in [3.8, 4) is 5.75 Å². The van der Waals surface area contributed by atoms with Crippen molar-refractivity contribution in [2.45, 2.75) is 6.61 Å². The lowest BCUT2D eigenvalue weighted by molar-refractivity contribution is 0.292. The quantitative estimate of drug-likeness (QED) is 0.771. The molecule has 0 saturated carbocycles. The van der Waals surface area contributed by atoms with Crippen LogP contribution in [-0.4, -0.2) is 0 Å². The highest BCUT2D eigenvalue weighted by molar-refractivity contribution is 9.10. The van der Waals surface area contributed by atoms with Crippen molar-refractivity contribution in [2.24, 2.45) is 0 Å². The van der Waals surface area contributed by atoms with Crippen molar-refractivity contribution in [2.75, 3.05) is 0 Å². The Morgan fingerprint density at radius 2 is 1.78 bits per heavy atom. The van der Waals surface area contributed by atoms with Crippen LogP contribution in [0.2, 0.25) is 5.02 Å². The van der Waals surface area contributed by atoms with Gasteiger partial charge in [-0.15, -0.1) is 0 Å². The van der Waals surface area contributed by atoms with Crippen molar-refractivity contribution in [3.05, 3.63) is 63.1 Å². The summed E-state index contributed by atoms with van der Waals surface area (Å²) in [6.07, 6.45) is 0. The van der Waals surface area contributed by atoms with E-state index in [0.717, 1.165) is 4.47 Å². The molecule has 2 rings (SSSR count). The molecule has 0 bridgehead atoms. The monoisotopic (exact) mass is 332 g/mol. The number of benzene rings is 2. The molecule has 0 spiro atoms. The first kappa shape index (κ1) is 13.3. The van der Waals surface area contributed by atoms with Gasteiger partial charge in [-0.2, -0.15) is 0 Å². The van der Waals surface area contributed by atoms with Gasteiger partial charge in [-0.05, 0) is 30.3 Å². The Balaban J connectivity index is 2.19. The summed E-state index contributed by atoms with van der Waals surface area (Å²) >= 11 is 9.17. The summed E-state index contributed by atoms with van der Waals surface area (Å²) in [5.74, 6) is -0.907. The molecule has 2 aromatic carbocycles. The Hall–Kier alpha value is -1.13. The predicted molar refractivity (Wildman–Crippen MR) is 69.8 cm³/mol. The van der Waals surface area contributed by atoms with Gasteiger partial charge >= 0.3 is 0 Å². The Bertz CT molecular complexity index is 555. The van der Waals surface area contributed by atoms with Gasteiger partial charge in [0.25, 0.3) is 0 Å². The lowest BCUT2D eigenvalue weighted by atomic mass is 10.2. The first-order valence-electron chi connectivity index (χ1n) is 5.08. The van der Waals surface area contributed by atoms with E-state index in [1.54, 1.807) is 18.2 Å². The molecule has 0 N–H and O–H groups in total. The normalized spacial score (nSPS) is 10.4. The fourth-order valence-corrected chi connectivity index (χ4v) is 1.92. The van der Waals surface area contributed by atoms with Gasteiger partial charge in [-0.25, -0.2) is 8.78 Å². The summed E-state index contributed by atoms with van der Waals surface area (Å²) in [4.78, 5) is 0. The molecule has 0 fully saturated rings. The largest absolute Gasteiger partial charge is 0.487 e. The molecule has 0 aliphatic heterocycles. The highest BCUT2D eigenvalue weighted by Gasteiger charge is 2.10. The van der Waals surface area contributed by atoms with Crippen LogP contribution in [0.1, 0.15) is 5.56 Å². The second-order valence-corrected chi connectivity index (χ2v) is 4.89. The van der Waals surface area contributed by atoms with Crippen LogP contribution in [-0.2, 0) is 6.61 Å². The minimum absolute atomic E-state index is 0.117. The Labute approximate surface area is 116 Å². The lowest BCUT2D eigenvalue weighted by Gasteiger charge is -2.09. The first-order chi connectivity index (χ1) is 8.58. The minimum Gasteiger partial charge on any atom is -0.487 e. The molecule has 0 aliphatic rings. The van der Waals surface area contributed by atoms with Crippen molar-refractivity contribution in [1.82, 2.24) is 0 Å². The summed E-state index contributed by atoms with van der Waals surface area (Å²) in [7, 11) is 0. The molecular weight excluding hydrogens is 325 g/mol. The van der Waals surface area contributed by atoms with Crippen LogP contribution >= 0.6 is 27.5 Å². The number of halogens is 4. The zero-order valence-electron chi connectivity index (χ0n) is 9.09. The number of hydrogen-bond donors (Lipinski definition) is 0. The van der Waals surface area contributed by atoms with Crippen LogP contribution in [0.3, 0.4) is 0 Å². The topological polar surface area (TPSA) is 9.23 Å². The van der Waals surface area contributed by atoms with E-state index in [1.807, 2.05) is 0 Å². The fourth-order valence-electron chi connectivity index (χ4n) is 1.41. The summed E-state index contributed by atoms with van der Waals surface area (Å²) in [5.41, 5.74) is -0.117. The summed E-state index contributed by atoms with van der Waals surface area (Å²) in [5, 5.41) is 0.384. The fraction of sp³-hybridized carbons (Fsp3) is 0.0769. The molecule has 0 aromatic heterocycles. The van der Waals surface area contributed by atoms with E-state index in [0.29, 0.717) is 10.8 Å². The van der Waals surface area contributed by atoms with Crippen LogP contribution in [0.25, 0.3) is 0 Å². The molecule has 18 heavy (non-hydrogen) atoms. The lowest BCUT2D eigenvalue weighted by Crippen LogP contribution is -2.02. The SMILES string of the molecule is Fc1cccc(F)c1COc1cc(Br)ccc1Cl. The van der Waals surface area contributed by atoms with Crippen LogP contribution in [0.4, 0.5) is 8.78 Å². The van der Waals surface area contributed by atoms with Gasteiger partial charge in [0.2, 0.25) is 0 Å². The predicted octanol–water partition coefficient (Wildman–Crippen LogP) is 4.96. The molecule has 0 heterocycles. The maximum absolute atomic E-state index is 13.4. The average molecular weight is 334 g/mol. The Morgan fingerprint density at radius 3 is 2.44 bits per heavy atom. The third-order valence-electron chi connectivity index (χ3n) is 2.33. The summed E-state index contributed by atoms with van der Waals surface area (Å²) in [6, 6.07) is 8.70. The van der Waals surface area contributed by atoms with E-state index < -0.39 is 11.6 Å². The van der Waals surface area contributed by atoms with Crippen molar-refractivity contribution in [1.29, 1.82) is 0 Å². The highest BCUT2D eigenvalue weighted by atomic mass is 79.9. The third kappa shape index (κ3) is 3.00. The zero-order chi connectivity index (χ0) is 13.1. The van der Waals surface area contributed by atoms with Gasteiger partial charge in [0.05, 0.1) is 10.6 Å². The molecule has 94 valence electrons. The highest BCUT2D eigenvalue weighted by Crippen LogP contribution is 2.29. The minimum atomic E-state index is -0.638. The van der Waals surface area contributed by atoms with Crippen molar-refractivity contribution >= 4 is 27.5 Å². The van der Waals surface area contributed by atoms with Gasteiger partial charge in [-0.3, -0.25) is 0 Å². The van der Waals surface area contributed by atoms with Crippen molar-refractivity contribution in [3.63, 3.8) is 0 Å². The third-order valence-corrected chi connectivity index (χ3v) is 3.13. The van der Waals surface area contributed by atoms with Gasteiger partial charge in [0.1, 0.15) is 24.0 Å². The van der Waals surface area contributed by atoms with Crippen LogP contribution < -0.4 is 4.74 Å². The van der Waals surface area contributed by atoms with Gasteiger partial charge in [0, 0.05) is 4.47 Å². The molecule has 0 radical (unpaired) electrons. The van der Waals surface area contributed by atoms with E-state index in [1.165, 1.54) is 18.2 Å². The maximum atomic E-state index is 13.4. The Morgan fingerprint density at radius 1 is 1.11 bits per heavy atom. The van der Waals surface area contributed by atoms with Gasteiger partial charge < -0.3 is 4.74 Å².